The topological polar surface area (TPSA) is 59.5 Å². The van der Waals surface area contributed by atoms with Gasteiger partial charge in [0, 0.05) is 25.2 Å². The Morgan fingerprint density at radius 1 is 1.15 bits per heavy atom. The first-order chi connectivity index (χ1) is 12.4. The highest BCUT2D eigenvalue weighted by atomic mass is 19.4. The molecule has 0 amide bonds. The lowest BCUT2D eigenvalue weighted by atomic mass is 10.1. The molecule has 0 aliphatic carbocycles. The van der Waals surface area contributed by atoms with E-state index >= 15 is 0 Å². The van der Waals surface area contributed by atoms with Gasteiger partial charge in [-0.2, -0.15) is 0 Å². The SMILES string of the molecule is C[C@H](Nc1cc(N2CCOCC2)ncn1)c1ccc(OC(F)(F)F)cc1. The molecule has 1 saturated heterocycles. The van der Waals surface area contributed by atoms with Gasteiger partial charge in [0.2, 0.25) is 0 Å². The van der Waals surface area contributed by atoms with Crippen molar-refractivity contribution in [1.29, 1.82) is 0 Å². The Morgan fingerprint density at radius 2 is 1.85 bits per heavy atom. The summed E-state index contributed by atoms with van der Waals surface area (Å²) >= 11 is 0. The van der Waals surface area contributed by atoms with Gasteiger partial charge in [0.25, 0.3) is 0 Å². The van der Waals surface area contributed by atoms with Crippen LogP contribution in [0.2, 0.25) is 0 Å². The Morgan fingerprint density at radius 3 is 2.50 bits per heavy atom. The number of anilines is 2. The summed E-state index contributed by atoms with van der Waals surface area (Å²) in [5.74, 6) is 1.21. The van der Waals surface area contributed by atoms with Gasteiger partial charge in [-0.05, 0) is 24.6 Å². The van der Waals surface area contributed by atoms with Crippen molar-refractivity contribution in [2.45, 2.75) is 19.3 Å². The van der Waals surface area contributed by atoms with Crippen LogP contribution in [0.4, 0.5) is 24.8 Å². The van der Waals surface area contributed by atoms with Crippen molar-refractivity contribution in [2.75, 3.05) is 36.5 Å². The predicted octanol–water partition coefficient (Wildman–Crippen LogP) is 3.38. The van der Waals surface area contributed by atoms with E-state index in [9.17, 15) is 13.2 Å². The summed E-state index contributed by atoms with van der Waals surface area (Å²) in [6.45, 7) is 4.76. The smallest absolute Gasteiger partial charge is 0.406 e. The Bertz CT molecular complexity index is 719. The predicted molar refractivity (Wildman–Crippen MR) is 90.2 cm³/mol. The minimum Gasteiger partial charge on any atom is -0.406 e. The van der Waals surface area contributed by atoms with E-state index < -0.39 is 6.36 Å². The van der Waals surface area contributed by atoms with E-state index in [1.807, 2.05) is 13.0 Å². The van der Waals surface area contributed by atoms with Gasteiger partial charge in [-0.15, -0.1) is 13.2 Å². The molecule has 1 N–H and O–H groups in total. The summed E-state index contributed by atoms with van der Waals surface area (Å²) in [6, 6.07) is 7.46. The number of halogens is 3. The molecule has 140 valence electrons. The van der Waals surface area contributed by atoms with Gasteiger partial charge in [-0.3, -0.25) is 0 Å². The van der Waals surface area contributed by atoms with E-state index in [0.29, 0.717) is 19.0 Å². The zero-order valence-electron chi connectivity index (χ0n) is 14.2. The summed E-state index contributed by atoms with van der Waals surface area (Å²) < 4.78 is 45.9. The standard InChI is InChI=1S/C17H19F3N4O2/c1-12(13-2-4-14(5-3-13)26-17(18,19)20)23-15-10-16(22-11-21-15)24-6-8-25-9-7-24/h2-5,10-12H,6-9H2,1H3,(H,21,22,23)/t12-/m0/s1. The largest absolute Gasteiger partial charge is 0.573 e. The van der Waals surface area contributed by atoms with Crippen molar-refractivity contribution in [1.82, 2.24) is 9.97 Å². The number of nitrogens with one attached hydrogen (secondary N) is 1. The molecule has 2 aromatic rings. The van der Waals surface area contributed by atoms with Crippen LogP contribution >= 0.6 is 0 Å². The number of nitrogens with zero attached hydrogens (tertiary/aromatic N) is 3. The summed E-state index contributed by atoms with van der Waals surface area (Å²) in [6.07, 6.45) is -3.21. The highest BCUT2D eigenvalue weighted by Crippen LogP contribution is 2.26. The van der Waals surface area contributed by atoms with Gasteiger partial charge in [0.15, 0.2) is 0 Å². The highest BCUT2D eigenvalue weighted by Gasteiger charge is 2.31. The molecule has 6 nitrogen and oxygen atoms in total. The van der Waals surface area contributed by atoms with E-state index in [0.717, 1.165) is 24.5 Å². The van der Waals surface area contributed by atoms with Crippen molar-refractivity contribution in [2.24, 2.45) is 0 Å². The first-order valence-corrected chi connectivity index (χ1v) is 8.18. The van der Waals surface area contributed by atoms with E-state index in [1.165, 1.54) is 18.5 Å². The Kier molecular flexibility index (Phi) is 5.46. The average molecular weight is 368 g/mol. The molecule has 1 aromatic carbocycles. The minimum atomic E-state index is -4.69. The van der Waals surface area contributed by atoms with Crippen molar-refractivity contribution in [3.05, 3.63) is 42.2 Å². The number of rotatable bonds is 5. The molecule has 0 bridgehead atoms. The fraction of sp³-hybridized carbons (Fsp3) is 0.412. The molecule has 1 aromatic heterocycles. The molecule has 2 heterocycles. The first kappa shape index (κ1) is 18.2. The molecule has 0 spiro atoms. The van der Waals surface area contributed by atoms with Gasteiger partial charge in [-0.25, -0.2) is 9.97 Å². The van der Waals surface area contributed by atoms with Crippen molar-refractivity contribution >= 4 is 11.6 Å². The highest BCUT2D eigenvalue weighted by molar-refractivity contribution is 5.49. The van der Waals surface area contributed by atoms with Crippen LogP contribution in [0.25, 0.3) is 0 Å². The zero-order chi connectivity index (χ0) is 18.6. The molecular weight excluding hydrogens is 349 g/mol. The molecule has 1 aliphatic rings. The van der Waals surface area contributed by atoms with Gasteiger partial charge in [0.05, 0.1) is 13.2 Å². The number of hydrogen-bond acceptors (Lipinski definition) is 6. The average Bonchev–Trinajstić information content (AvgIpc) is 2.62. The summed E-state index contributed by atoms with van der Waals surface area (Å²) in [5, 5.41) is 3.23. The van der Waals surface area contributed by atoms with Crippen LogP contribution in [-0.4, -0.2) is 42.6 Å². The summed E-state index contributed by atoms with van der Waals surface area (Å²) in [7, 11) is 0. The van der Waals surface area contributed by atoms with Crippen molar-refractivity contribution in [3.8, 4) is 5.75 Å². The number of alkyl halides is 3. The number of benzene rings is 1. The molecule has 0 saturated carbocycles. The van der Waals surface area contributed by atoms with Gasteiger partial charge in [-0.1, -0.05) is 12.1 Å². The van der Waals surface area contributed by atoms with Crippen LogP contribution in [0.15, 0.2) is 36.7 Å². The maximum Gasteiger partial charge on any atom is 0.573 e. The lowest BCUT2D eigenvalue weighted by molar-refractivity contribution is -0.274. The van der Waals surface area contributed by atoms with Crippen molar-refractivity contribution < 1.29 is 22.6 Å². The minimum absolute atomic E-state index is 0.151. The molecule has 1 atom stereocenters. The quantitative estimate of drug-likeness (QED) is 0.873. The third-order valence-electron chi connectivity index (χ3n) is 3.97. The lowest BCUT2D eigenvalue weighted by Crippen LogP contribution is -2.36. The van der Waals surface area contributed by atoms with Crippen LogP contribution in [-0.2, 0) is 4.74 Å². The Hall–Kier alpha value is -2.55. The number of morpholine rings is 1. The number of ether oxygens (including phenoxy) is 2. The molecule has 1 aliphatic heterocycles. The third kappa shape index (κ3) is 4.98. The van der Waals surface area contributed by atoms with E-state index in [1.54, 1.807) is 12.1 Å². The van der Waals surface area contributed by atoms with Crippen LogP contribution in [0.3, 0.4) is 0 Å². The van der Waals surface area contributed by atoms with E-state index in [-0.39, 0.29) is 11.8 Å². The molecule has 0 radical (unpaired) electrons. The normalized spacial score (nSPS) is 16.2. The summed E-state index contributed by atoms with van der Waals surface area (Å²) in [5.41, 5.74) is 0.811. The van der Waals surface area contributed by atoms with Gasteiger partial charge < -0.3 is 19.7 Å². The number of aromatic nitrogens is 2. The molecule has 26 heavy (non-hydrogen) atoms. The molecular formula is C17H19F3N4O2. The van der Waals surface area contributed by atoms with Crippen LogP contribution < -0.4 is 15.0 Å². The second kappa shape index (κ2) is 7.77. The second-order valence-electron chi connectivity index (χ2n) is 5.84. The fourth-order valence-corrected chi connectivity index (χ4v) is 2.65. The monoisotopic (exact) mass is 368 g/mol. The van der Waals surface area contributed by atoms with Gasteiger partial charge >= 0.3 is 6.36 Å². The van der Waals surface area contributed by atoms with Crippen LogP contribution in [0, 0.1) is 0 Å². The fourth-order valence-electron chi connectivity index (χ4n) is 2.65. The number of hydrogen-bond donors (Lipinski definition) is 1. The van der Waals surface area contributed by atoms with E-state index in [2.05, 4.69) is 24.9 Å². The Labute approximate surface area is 149 Å². The van der Waals surface area contributed by atoms with Crippen LogP contribution in [0.5, 0.6) is 5.75 Å². The second-order valence-corrected chi connectivity index (χ2v) is 5.84. The van der Waals surface area contributed by atoms with E-state index in [4.69, 9.17) is 4.74 Å². The van der Waals surface area contributed by atoms with Crippen LogP contribution in [0.1, 0.15) is 18.5 Å². The van der Waals surface area contributed by atoms with Crippen molar-refractivity contribution in [3.63, 3.8) is 0 Å². The maximum absolute atomic E-state index is 12.2. The summed E-state index contributed by atoms with van der Waals surface area (Å²) in [4.78, 5) is 10.6. The molecule has 1 fully saturated rings. The van der Waals surface area contributed by atoms with Gasteiger partial charge in [0.1, 0.15) is 23.7 Å². The maximum atomic E-state index is 12.2. The Balaban J connectivity index is 1.65. The lowest BCUT2D eigenvalue weighted by Gasteiger charge is -2.28. The molecule has 9 heteroatoms. The molecule has 0 unspecified atom stereocenters. The molecule has 3 rings (SSSR count). The third-order valence-corrected chi connectivity index (χ3v) is 3.97. The first-order valence-electron chi connectivity index (χ1n) is 8.18. The zero-order valence-corrected chi connectivity index (χ0v) is 14.2.